The van der Waals surface area contributed by atoms with Crippen molar-refractivity contribution >= 4 is 40.5 Å². The molecule has 3 aromatic rings. The van der Waals surface area contributed by atoms with Crippen LogP contribution in [0, 0.1) is 0 Å². The van der Waals surface area contributed by atoms with Crippen LogP contribution in [0.25, 0.3) is 11.4 Å². The molecule has 0 aliphatic carbocycles. The fourth-order valence-electron chi connectivity index (χ4n) is 2.82. The van der Waals surface area contributed by atoms with Crippen LogP contribution in [-0.2, 0) is 25.5 Å². The Balaban J connectivity index is 1.29. The Morgan fingerprint density at radius 3 is 2.97 bits per heavy atom. The van der Waals surface area contributed by atoms with Crippen LogP contribution in [0.2, 0.25) is 0 Å². The lowest BCUT2D eigenvalue weighted by Crippen LogP contribution is -2.44. The monoisotopic (exact) mass is 412 g/mol. The van der Waals surface area contributed by atoms with Crippen LogP contribution < -0.4 is 10.2 Å². The lowest BCUT2D eigenvalue weighted by atomic mass is 10.2. The van der Waals surface area contributed by atoms with Gasteiger partial charge in [0.1, 0.15) is 6.54 Å². The molecule has 1 aliphatic heterocycles. The average molecular weight is 412 g/mol. The van der Waals surface area contributed by atoms with Crippen molar-refractivity contribution in [3.8, 4) is 11.4 Å². The van der Waals surface area contributed by atoms with Gasteiger partial charge in [-0.2, -0.15) is 16.3 Å². The second-order valence-electron chi connectivity index (χ2n) is 6.23. The number of aryl methyl sites for hydroxylation is 1. The molecule has 10 heteroatoms. The van der Waals surface area contributed by atoms with Crippen molar-refractivity contribution in [2.45, 2.75) is 12.8 Å². The van der Waals surface area contributed by atoms with E-state index in [0.717, 1.165) is 5.56 Å². The highest BCUT2D eigenvalue weighted by Crippen LogP contribution is 2.28. The largest absolute Gasteiger partial charge is 0.456 e. The van der Waals surface area contributed by atoms with Crippen molar-refractivity contribution in [2.24, 2.45) is 0 Å². The molecule has 9 nitrogen and oxygen atoms in total. The molecule has 0 radical (unpaired) electrons. The number of nitrogens with zero attached hydrogens (tertiary/aromatic N) is 3. The molecule has 148 valence electrons. The maximum atomic E-state index is 12.4. The quantitative estimate of drug-likeness (QED) is 0.618. The Bertz CT molecular complexity index is 1050. The SMILES string of the molecule is O=C1CN(C(=O)COC(=O)CCc2nc(-c3ccsc3)no2)c2ccccc2N1. The highest BCUT2D eigenvalue weighted by atomic mass is 32.1. The maximum Gasteiger partial charge on any atom is 0.306 e. The van der Waals surface area contributed by atoms with E-state index < -0.39 is 18.5 Å². The van der Waals surface area contributed by atoms with Gasteiger partial charge in [-0.25, -0.2) is 0 Å². The fraction of sp³-hybridized carbons (Fsp3) is 0.211. The van der Waals surface area contributed by atoms with Crippen LogP contribution in [0.4, 0.5) is 11.4 Å². The van der Waals surface area contributed by atoms with Gasteiger partial charge in [-0.05, 0) is 23.6 Å². The summed E-state index contributed by atoms with van der Waals surface area (Å²) in [5.74, 6) is -0.564. The number of ether oxygens (including phenoxy) is 1. The zero-order valence-corrected chi connectivity index (χ0v) is 16.0. The zero-order chi connectivity index (χ0) is 20.2. The number of hydrogen-bond donors (Lipinski definition) is 1. The summed E-state index contributed by atoms with van der Waals surface area (Å²) in [7, 11) is 0. The Kier molecular flexibility index (Phi) is 5.34. The molecule has 0 atom stereocenters. The van der Waals surface area contributed by atoms with Gasteiger partial charge in [0, 0.05) is 17.4 Å². The minimum Gasteiger partial charge on any atom is -0.456 e. The highest BCUT2D eigenvalue weighted by molar-refractivity contribution is 7.08. The number of anilines is 2. The van der Waals surface area contributed by atoms with Crippen LogP contribution in [0.3, 0.4) is 0 Å². The first-order valence-electron chi connectivity index (χ1n) is 8.80. The van der Waals surface area contributed by atoms with Gasteiger partial charge in [-0.15, -0.1) is 0 Å². The molecule has 0 bridgehead atoms. The molecule has 1 N–H and O–H groups in total. The molecule has 1 aromatic carbocycles. The van der Waals surface area contributed by atoms with E-state index in [-0.39, 0.29) is 25.3 Å². The summed E-state index contributed by atoms with van der Waals surface area (Å²) in [6, 6.07) is 8.81. The van der Waals surface area contributed by atoms with Gasteiger partial charge in [0.05, 0.1) is 17.8 Å². The molecule has 0 fully saturated rings. The first-order chi connectivity index (χ1) is 14.1. The van der Waals surface area contributed by atoms with Crippen LogP contribution in [0.15, 0.2) is 45.6 Å². The summed E-state index contributed by atoms with van der Waals surface area (Å²) >= 11 is 1.52. The summed E-state index contributed by atoms with van der Waals surface area (Å²) in [6.45, 7) is -0.578. The Morgan fingerprint density at radius 2 is 2.14 bits per heavy atom. The van der Waals surface area contributed by atoms with Gasteiger partial charge >= 0.3 is 5.97 Å². The van der Waals surface area contributed by atoms with Gasteiger partial charge in [-0.3, -0.25) is 19.3 Å². The van der Waals surface area contributed by atoms with Crippen LogP contribution >= 0.6 is 11.3 Å². The van der Waals surface area contributed by atoms with Crippen LogP contribution in [0.1, 0.15) is 12.3 Å². The number of thiophene rings is 1. The van der Waals surface area contributed by atoms with E-state index in [1.807, 2.05) is 16.8 Å². The number of amides is 2. The van der Waals surface area contributed by atoms with E-state index in [2.05, 4.69) is 15.5 Å². The van der Waals surface area contributed by atoms with Gasteiger partial charge in [0.25, 0.3) is 5.91 Å². The number of carbonyl (C=O) groups excluding carboxylic acids is 3. The van der Waals surface area contributed by atoms with Crippen molar-refractivity contribution in [1.29, 1.82) is 0 Å². The van der Waals surface area contributed by atoms with Gasteiger partial charge < -0.3 is 14.6 Å². The predicted octanol–water partition coefficient (Wildman–Crippen LogP) is 2.26. The summed E-state index contributed by atoms with van der Waals surface area (Å²) < 4.78 is 10.2. The molecule has 0 spiro atoms. The third kappa shape index (κ3) is 4.32. The first kappa shape index (κ1) is 18.8. The third-order valence-corrected chi connectivity index (χ3v) is 4.90. The van der Waals surface area contributed by atoms with Crippen LogP contribution in [0.5, 0.6) is 0 Å². The number of hydrogen-bond acceptors (Lipinski definition) is 8. The predicted molar refractivity (Wildman–Crippen MR) is 104 cm³/mol. The minimum atomic E-state index is -0.566. The minimum absolute atomic E-state index is 0.00434. The number of esters is 1. The molecule has 0 saturated carbocycles. The van der Waals surface area contributed by atoms with Gasteiger partial charge in [0.2, 0.25) is 17.6 Å². The van der Waals surface area contributed by atoms with E-state index in [1.165, 1.54) is 16.2 Å². The average Bonchev–Trinajstić information content (AvgIpc) is 3.41. The van der Waals surface area contributed by atoms with E-state index in [1.54, 1.807) is 24.3 Å². The summed E-state index contributed by atoms with van der Waals surface area (Å²) in [5.41, 5.74) is 1.96. The Morgan fingerprint density at radius 1 is 1.28 bits per heavy atom. The van der Waals surface area contributed by atoms with Crippen molar-refractivity contribution in [3.05, 3.63) is 47.0 Å². The Hall–Kier alpha value is -3.53. The molecular weight excluding hydrogens is 396 g/mol. The number of aromatic nitrogens is 2. The summed E-state index contributed by atoms with van der Waals surface area (Å²) in [5, 5.41) is 10.4. The number of benzene rings is 1. The summed E-state index contributed by atoms with van der Waals surface area (Å²) in [6.07, 6.45) is 0.203. The molecule has 0 saturated heterocycles. The lowest BCUT2D eigenvalue weighted by Gasteiger charge is -2.28. The number of carbonyl (C=O) groups is 3. The number of nitrogens with one attached hydrogen (secondary N) is 1. The second-order valence-corrected chi connectivity index (χ2v) is 7.01. The number of para-hydroxylation sites is 2. The van der Waals surface area contributed by atoms with Crippen molar-refractivity contribution < 1.29 is 23.6 Å². The van der Waals surface area contributed by atoms with Crippen molar-refractivity contribution in [3.63, 3.8) is 0 Å². The van der Waals surface area contributed by atoms with Crippen molar-refractivity contribution in [2.75, 3.05) is 23.4 Å². The highest BCUT2D eigenvalue weighted by Gasteiger charge is 2.27. The van der Waals surface area contributed by atoms with E-state index >= 15 is 0 Å². The molecular formula is C19H16N4O5S. The van der Waals surface area contributed by atoms with Gasteiger partial charge in [-0.1, -0.05) is 17.3 Å². The second kappa shape index (κ2) is 8.23. The normalized spacial score (nSPS) is 13.0. The molecule has 1 aliphatic rings. The third-order valence-electron chi connectivity index (χ3n) is 4.22. The fourth-order valence-corrected chi connectivity index (χ4v) is 3.46. The number of fused-ring (bicyclic) bond motifs is 1. The smallest absolute Gasteiger partial charge is 0.306 e. The van der Waals surface area contributed by atoms with E-state index in [0.29, 0.717) is 23.1 Å². The first-order valence-corrected chi connectivity index (χ1v) is 9.74. The molecule has 29 heavy (non-hydrogen) atoms. The summed E-state index contributed by atoms with van der Waals surface area (Å²) in [4.78, 5) is 41.8. The van der Waals surface area contributed by atoms with Crippen molar-refractivity contribution in [1.82, 2.24) is 10.1 Å². The molecule has 3 heterocycles. The zero-order valence-electron chi connectivity index (χ0n) is 15.2. The van der Waals surface area contributed by atoms with E-state index in [9.17, 15) is 14.4 Å². The van der Waals surface area contributed by atoms with Gasteiger partial charge in [0.15, 0.2) is 6.61 Å². The molecule has 2 aromatic heterocycles. The number of rotatable bonds is 6. The topological polar surface area (TPSA) is 115 Å². The standard InChI is InChI=1S/C19H16N4O5S/c24-15-9-23(14-4-2-1-3-13(14)20-15)17(25)10-27-18(26)6-5-16-21-19(22-28-16)12-7-8-29-11-12/h1-4,7-8,11H,5-6,9-10H2,(H,20,24). The Labute approximate surface area is 169 Å². The van der Waals surface area contributed by atoms with E-state index in [4.69, 9.17) is 9.26 Å². The lowest BCUT2D eigenvalue weighted by molar-refractivity contribution is -0.147. The van der Waals surface area contributed by atoms with Crippen LogP contribution in [-0.4, -0.2) is 41.1 Å². The molecule has 4 rings (SSSR count). The molecule has 0 unspecified atom stereocenters. The molecule has 2 amide bonds. The maximum absolute atomic E-state index is 12.4.